The molecule has 1 N–H and O–H groups in total. The van der Waals surface area contributed by atoms with Crippen LogP contribution in [0.2, 0.25) is 0 Å². The number of aryl methyl sites for hydroxylation is 3. The Morgan fingerprint density at radius 2 is 0.706 bits per heavy atom. The molecule has 10 aromatic rings. The molecule has 6 nitrogen and oxygen atoms in total. The van der Waals surface area contributed by atoms with Crippen LogP contribution in [0.4, 0.5) is 62.6 Å². The minimum absolute atomic E-state index is 0.0145. The Balaban J connectivity index is 0.734. The molecule has 102 heavy (non-hydrogen) atoms. The monoisotopic (exact) mass is 1320 g/mol. The van der Waals surface area contributed by atoms with E-state index < -0.39 is 0 Å². The molecule has 0 radical (unpaired) electrons. The van der Waals surface area contributed by atoms with Gasteiger partial charge < -0.3 is 29.5 Å². The van der Waals surface area contributed by atoms with Gasteiger partial charge in [0.25, 0.3) is 20.1 Å². The summed E-state index contributed by atoms with van der Waals surface area (Å²) >= 11 is 0. The number of nitrogens with one attached hydrogen (secondary N) is 1. The third kappa shape index (κ3) is 7.81. The van der Waals surface area contributed by atoms with Crippen molar-refractivity contribution in [1.29, 1.82) is 0 Å². The van der Waals surface area contributed by atoms with E-state index in [2.05, 4.69) is 223 Å². The van der Waals surface area contributed by atoms with Crippen LogP contribution in [0.3, 0.4) is 0 Å². The molecule has 498 valence electrons. The van der Waals surface area contributed by atoms with Gasteiger partial charge in [-0.05, 0) is 350 Å². The quantitative estimate of drug-likeness (QED) is 0.167. The molecular formula is C93H85B3N4O2. The molecule has 12 fully saturated rings. The van der Waals surface area contributed by atoms with Crippen LogP contribution in [0.1, 0.15) is 149 Å². The molecule has 18 aliphatic rings. The third-order valence-corrected chi connectivity index (χ3v) is 30.3. The van der Waals surface area contributed by atoms with E-state index in [0.29, 0.717) is 0 Å². The first kappa shape index (κ1) is 57.7. The number of para-hydroxylation sites is 4. The average molecular weight is 1320 g/mol. The minimum Gasteiger partial charge on any atom is -0.458 e. The van der Waals surface area contributed by atoms with Gasteiger partial charge in [-0.1, -0.05) is 103 Å². The largest absolute Gasteiger partial charge is 0.458 e. The number of benzene rings is 10. The molecule has 6 heterocycles. The fourth-order valence-electron chi connectivity index (χ4n) is 28.1. The lowest BCUT2D eigenvalue weighted by atomic mass is 9.29. The van der Waals surface area contributed by atoms with E-state index in [1.807, 2.05) is 0 Å². The maximum absolute atomic E-state index is 7.99. The number of ether oxygens (including phenoxy) is 2. The van der Waals surface area contributed by atoms with Gasteiger partial charge in [-0.3, -0.25) is 0 Å². The van der Waals surface area contributed by atoms with Crippen LogP contribution in [0, 0.1) is 74.0 Å². The van der Waals surface area contributed by atoms with Crippen LogP contribution in [0.25, 0.3) is 0 Å². The van der Waals surface area contributed by atoms with Crippen LogP contribution >= 0.6 is 0 Å². The topological polar surface area (TPSA) is 40.2 Å². The maximum Gasteiger partial charge on any atom is 0.260 e. The van der Waals surface area contributed by atoms with E-state index >= 15 is 0 Å². The van der Waals surface area contributed by atoms with Crippen molar-refractivity contribution in [2.75, 3.05) is 20.0 Å². The van der Waals surface area contributed by atoms with Gasteiger partial charge in [0, 0.05) is 74.5 Å². The molecule has 0 amide bonds. The normalized spacial score (nSPS) is 29.7. The van der Waals surface area contributed by atoms with Crippen molar-refractivity contribution in [3.05, 3.63) is 215 Å². The summed E-state index contributed by atoms with van der Waals surface area (Å²) in [5, 5.41) is 4.34. The second-order valence-corrected chi connectivity index (χ2v) is 36.5. The zero-order chi connectivity index (χ0) is 66.5. The van der Waals surface area contributed by atoms with E-state index in [1.165, 1.54) is 250 Å². The van der Waals surface area contributed by atoms with Crippen molar-refractivity contribution in [2.24, 2.45) is 53.3 Å². The second kappa shape index (κ2) is 20.1. The van der Waals surface area contributed by atoms with Gasteiger partial charge >= 0.3 is 0 Å². The van der Waals surface area contributed by atoms with Gasteiger partial charge in [0.05, 0.1) is 5.69 Å². The predicted octanol–water partition coefficient (Wildman–Crippen LogP) is 17.2. The molecule has 0 spiro atoms. The molecule has 12 bridgehead atoms. The van der Waals surface area contributed by atoms with E-state index in [9.17, 15) is 0 Å². The molecule has 12 aliphatic carbocycles. The van der Waals surface area contributed by atoms with E-state index in [4.69, 9.17) is 9.47 Å². The molecule has 0 atom stereocenters. The van der Waals surface area contributed by atoms with Crippen molar-refractivity contribution < 1.29 is 9.47 Å². The van der Waals surface area contributed by atoms with Gasteiger partial charge in [-0.2, -0.15) is 0 Å². The molecule has 0 unspecified atom stereocenters. The zero-order valence-corrected chi connectivity index (χ0v) is 59.1. The van der Waals surface area contributed by atoms with Crippen LogP contribution in [0.5, 0.6) is 23.0 Å². The van der Waals surface area contributed by atoms with Crippen LogP contribution in [0.15, 0.2) is 182 Å². The van der Waals surface area contributed by atoms with Crippen molar-refractivity contribution in [1.82, 2.24) is 0 Å². The highest BCUT2D eigenvalue weighted by Crippen LogP contribution is 2.65. The SMILES string of the molecule is Cc1cc(C)c(N2c3cc4c(cc3B3c5ccccc5N(c5ccccc5)c5cc(C67CC8CC(CC(C8)C6)C7)cc2c53)B2c3cc5c(cc3Oc3cc(C67CC8CC(CC(C8)C6)C7)cc(c32)O4)Nc2cc(C34CC6CC(CC(C6)C3)C4)cc3c2B5c2ccccc2N3c2ccccc2)c(C)c1. The number of hydrogen-bond acceptors (Lipinski definition) is 6. The first-order valence-corrected chi connectivity index (χ1v) is 39.8. The number of fused-ring (bicyclic) bond motifs is 12. The summed E-state index contributed by atoms with van der Waals surface area (Å²) in [4.78, 5) is 8.07. The third-order valence-electron chi connectivity index (χ3n) is 30.3. The summed E-state index contributed by atoms with van der Waals surface area (Å²) in [5.41, 5.74) is 34.7. The highest BCUT2D eigenvalue weighted by molar-refractivity contribution is 7.03. The summed E-state index contributed by atoms with van der Waals surface area (Å²) in [6, 6.07) is 72.8. The molecule has 0 aromatic heterocycles. The van der Waals surface area contributed by atoms with Gasteiger partial charge in [0.15, 0.2) is 0 Å². The molecule has 9 heteroatoms. The smallest absolute Gasteiger partial charge is 0.260 e. The van der Waals surface area contributed by atoms with Gasteiger partial charge in [0.1, 0.15) is 23.0 Å². The van der Waals surface area contributed by atoms with E-state index in [0.717, 1.165) is 76.3 Å². The Bertz CT molecular complexity index is 5260. The van der Waals surface area contributed by atoms with Crippen LogP contribution in [-0.4, -0.2) is 20.1 Å². The molecular weight excluding hydrogens is 1240 g/mol. The number of anilines is 11. The number of hydrogen-bond donors (Lipinski definition) is 1. The fourth-order valence-corrected chi connectivity index (χ4v) is 28.1. The Kier molecular flexibility index (Phi) is 11.4. The predicted molar refractivity (Wildman–Crippen MR) is 421 cm³/mol. The first-order chi connectivity index (χ1) is 50.0. The molecule has 28 rings (SSSR count). The summed E-state index contributed by atoms with van der Waals surface area (Å²) in [5.74, 6) is 11.3. The summed E-state index contributed by atoms with van der Waals surface area (Å²) in [6.07, 6.45) is 24.4. The number of nitrogens with zero attached hydrogens (tertiary/aromatic N) is 3. The maximum atomic E-state index is 7.99. The standard InChI is InChI=1S/C93H85B3N4O2/c1-52-22-53(2)90(54(3)23-52)100-79-42-84-74(40-72(79)95-70-19-11-13-21-78(70)99(68-16-8-5-9-17-68)81-35-65(36-82(100)88(81)95)92-46-58-27-59(47-92)29-60(28-58)48-92)96-73-39-71-75(41-83(73)101-85-37-66(38-86(102-84)89(85)96)93-49-61-30-62(50-93)32-63(31-61)51-93)97-76-33-64(91-43-55-24-56(44-91)26-57(25-55)45-91)34-80-87(76)94(71)69-18-10-12-20-77(69)98(80)67-14-6-4-7-15-67/h4-23,33-42,55-63,97H,24-32,43-51H2,1-3H3. The fraction of sp³-hybridized carbons (Fsp3) is 0.355. The Morgan fingerprint density at radius 1 is 0.314 bits per heavy atom. The van der Waals surface area contributed by atoms with Gasteiger partial charge in [-0.15, -0.1) is 0 Å². The summed E-state index contributed by atoms with van der Waals surface area (Å²) < 4.78 is 15.8. The van der Waals surface area contributed by atoms with Crippen molar-refractivity contribution in [3.63, 3.8) is 0 Å². The first-order valence-electron chi connectivity index (χ1n) is 39.8. The lowest BCUT2D eigenvalue weighted by molar-refractivity contribution is -0.00538. The van der Waals surface area contributed by atoms with Crippen LogP contribution in [-0.2, 0) is 16.2 Å². The molecule has 0 saturated heterocycles. The lowest BCUT2D eigenvalue weighted by Gasteiger charge is -2.57. The van der Waals surface area contributed by atoms with Crippen molar-refractivity contribution >= 4 is 132 Å². The Morgan fingerprint density at radius 3 is 1.20 bits per heavy atom. The van der Waals surface area contributed by atoms with E-state index in [1.54, 1.807) is 11.1 Å². The minimum atomic E-state index is -0.169. The molecule has 6 aliphatic heterocycles. The zero-order valence-electron chi connectivity index (χ0n) is 59.1. The van der Waals surface area contributed by atoms with Crippen molar-refractivity contribution in [3.8, 4) is 23.0 Å². The molecule has 10 aromatic carbocycles. The summed E-state index contributed by atoms with van der Waals surface area (Å²) in [7, 11) is 0. The number of rotatable bonds is 6. The average Bonchev–Trinajstić information content (AvgIpc) is 0.688. The Hall–Kier alpha value is -8.81. The van der Waals surface area contributed by atoms with E-state index in [-0.39, 0.29) is 36.4 Å². The highest BCUT2D eigenvalue weighted by Gasteiger charge is 2.58. The Labute approximate surface area is 601 Å². The highest BCUT2D eigenvalue weighted by atomic mass is 16.5. The van der Waals surface area contributed by atoms with Gasteiger partial charge in [0.2, 0.25) is 0 Å². The van der Waals surface area contributed by atoms with Crippen molar-refractivity contribution in [2.45, 2.75) is 153 Å². The molecule has 12 saturated carbocycles. The lowest BCUT2D eigenvalue weighted by Crippen LogP contribution is -2.65. The van der Waals surface area contributed by atoms with Crippen LogP contribution < -0.4 is 78.7 Å². The van der Waals surface area contributed by atoms with Gasteiger partial charge in [-0.25, -0.2) is 0 Å². The second-order valence-electron chi connectivity index (χ2n) is 36.5. The summed E-state index contributed by atoms with van der Waals surface area (Å²) in [6.45, 7) is 6.79.